The number of aliphatic hydroxyl groups is 1. The molecule has 5 nitrogen and oxygen atoms in total. The van der Waals surface area contributed by atoms with Crippen molar-refractivity contribution in [2.75, 3.05) is 23.8 Å². The Kier molecular flexibility index (Phi) is 5.17. The lowest BCUT2D eigenvalue weighted by Gasteiger charge is -2.36. The Balaban J connectivity index is 2.23. The van der Waals surface area contributed by atoms with Gasteiger partial charge in [0, 0.05) is 26.1 Å². The van der Waals surface area contributed by atoms with Crippen LogP contribution in [0, 0.1) is 0 Å². The lowest BCUT2D eigenvalue weighted by molar-refractivity contribution is 0.106. The Hall–Kier alpha value is -1.36. The Morgan fingerprint density at radius 3 is 2.70 bits per heavy atom. The van der Waals surface area contributed by atoms with Gasteiger partial charge in [-0.05, 0) is 19.8 Å². The first-order chi connectivity index (χ1) is 9.65. The van der Waals surface area contributed by atoms with E-state index in [-0.39, 0.29) is 12.1 Å². The number of aryl methyl sites for hydroxylation is 1. The molecule has 1 aliphatic rings. The van der Waals surface area contributed by atoms with Crippen LogP contribution >= 0.6 is 0 Å². The van der Waals surface area contributed by atoms with Crippen LogP contribution in [0.4, 0.5) is 11.6 Å². The van der Waals surface area contributed by atoms with Crippen molar-refractivity contribution in [3.05, 3.63) is 11.9 Å². The van der Waals surface area contributed by atoms with Crippen molar-refractivity contribution in [2.45, 2.75) is 58.1 Å². The van der Waals surface area contributed by atoms with Crippen molar-refractivity contribution in [2.24, 2.45) is 0 Å². The summed E-state index contributed by atoms with van der Waals surface area (Å²) in [5.74, 6) is 2.61. The highest BCUT2D eigenvalue weighted by Gasteiger charge is 2.27. The van der Waals surface area contributed by atoms with E-state index < -0.39 is 0 Å². The molecule has 20 heavy (non-hydrogen) atoms. The van der Waals surface area contributed by atoms with Gasteiger partial charge in [0.15, 0.2) is 0 Å². The molecule has 1 saturated carbocycles. The minimum atomic E-state index is -0.253. The molecule has 1 heterocycles. The maximum Gasteiger partial charge on any atom is 0.134 e. The van der Waals surface area contributed by atoms with Crippen LogP contribution in [0.15, 0.2) is 6.07 Å². The zero-order valence-electron chi connectivity index (χ0n) is 12.8. The van der Waals surface area contributed by atoms with Crippen molar-refractivity contribution in [3.63, 3.8) is 0 Å². The maximum absolute atomic E-state index is 10.2. The number of nitrogens with one attached hydrogen (secondary N) is 1. The molecule has 1 fully saturated rings. The highest BCUT2D eigenvalue weighted by molar-refractivity contribution is 5.50. The molecule has 2 atom stereocenters. The Bertz CT molecular complexity index is 438. The zero-order chi connectivity index (χ0) is 14.5. The Morgan fingerprint density at radius 2 is 2.05 bits per heavy atom. The largest absolute Gasteiger partial charge is 0.391 e. The molecule has 1 aromatic rings. The second-order valence-electron chi connectivity index (χ2n) is 5.44. The summed E-state index contributed by atoms with van der Waals surface area (Å²) in [4.78, 5) is 11.2. The minimum absolute atomic E-state index is 0.165. The van der Waals surface area contributed by atoms with Gasteiger partial charge < -0.3 is 15.3 Å². The topological polar surface area (TPSA) is 61.3 Å². The molecule has 112 valence electrons. The fraction of sp³-hybridized carbons (Fsp3) is 0.733. The van der Waals surface area contributed by atoms with Gasteiger partial charge in [-0.1, -0.05) is 19.8 Å². The van der Waals surface area contributed by atoms with E-state index >= 15 is 0 Å². The van der Waals surface area contributed by atoms with Gasteiger partial charge >= 0.3 is 0 Å². The number of nitrogens with zero attached hydrogens (tertiary/aromatic N) is 3. The Labute approximate surface area is 121 Å². The number of hydrogen-bond acceptors (Lipinski definition) is 5. The quantitative estimate of drug-likeness (QED) is 0.864. The minimum Gasteiger partial charge on any atom is -0.391 e. The van der Waals surface area contributed by atoms with Crippen molar-refractivity contribution < 1.29 is 5.11 Å². The SMILES string of the molecule is CCNc1cc(N(C)C2CCCCC2O)nc(CC)n1. The molecule has 1 aliphatic carbocycles. The average molecular weight is 278 g/mol. The second kappa shape index (κ2) is 6.88. The van der Waals surface area contributed by atoms with Crippen LogP contribution in [0.1, 0.15) is 45.4 Å². The predicted octanol–water partition coefficient (Wildman–Crippen LogP) is 2.21. The first-order valence-electron chi connectivity index (χ1n) is 7.68. The number of anilines is 2. The molecular weight excluding hydrogens is 252 g/mol. The summed E-state index contributed by atoms with van der Waals surface area (Å²) in [5.41, 5.74) is 0. The lowest BCUT2D eigenvalue weighted by Crippen LogP contribution is -2.44. The predicted molar refractivity (Wildman–Crippen MR) is 82.2 cm³/mol. The number of aliphatic hydroxyl groups excluding tert-OH is 1. The summed E-state index contributed by atoms with van der Waals surface area (Å²) < 4.78 is 0. The number of likely N-dealkylation sites (N-methyl/N-ethyl adjacent to an activating group) is 1. The van der Waals surface area contributed by atoms with Gasteiger partial charge in [0.05, 0.1) is 12.1 Å². The van der Waals surface area contributed by atoms with Crippen molar-refractivity contribution in [1.82, 2.24) is 9.97 Å². The molecule has 2 N–H and O–H groups in total. The van der Waals surface area contributed by atoms with Crippen LogP contribution in [0.25, 0.3) is 0 Å². The highest BCUT2D eigenvalue weighted by atomic mass is 16.3. The van der Waals surface area contributed by atoms with E-state index in [9.17, 15) is 5.11 Å². The van der Waals surface area contributed by atoms with Crippen molar-refractivity contribution >= 4 is 11.6 Å². The third-order valence-corrected chi connectivity index (χ3v) is 3.99. The summed E-state index contributed by atoms with van der Waals surface area (Å²) >= 11 is 0. The van der Waals surface area contributed by atoms with Crippen LogP contribution < -0.4 is 10.2 Å². The number of hydrogen-bond donors (Lipinski definition) is 2. The molecule has 5 heteroatoms. The maximum atomic E-state index is 10.2. The third kappa shape index (κ3) is 3.39. The highest BCUT2D eigenvalue weighted by Crippen LogP contribution is 2.26. The van der Waals surface area contributed by atoms with Gasteiger partial charge in [0.25, 0.3) is 0 Å². The molecule has 2 unspecified atom stereocenters. The second-order valence-corrected chi connectivity index (χ2v) is 5.44. The van der Waals surface area contributed by atoms with E-state index in [2.05, 4.69) is 34.0 Å². The van der Waals surface area contributed by atoms with Crippen LogP contribution in [-0.2, 0) is 6.42 Å². The molecular formula is C15H26N4O. The first-order valence-corrected chi connectivity index (χ1v) is 7.68. The van der Waals surface area contributed by atoms with Gasteiger partial charge in [0.2, 0.25) is 0 Å². The van der Waals surface area contributed by atoms with Gasteiger partial charge in [-0.25, -0.2) is 9.97 Å². The summed E-state index contributed by atoms with van der Waals surface area (Å²) in [6.45, 7) is 4.96. The molecule has 1 aromatic heterocycles. The average Bonchev–Trinajstić information content (AvgIpc) is 2.47. The normalized spacial score (nSPS) is 22.6. The van der Waals surface area contributed by atoms with Gasteiger partial charge in [-0.15, -0.1) is 0 Å². The van der Waals surface area contributed by atoms with E-state index in [4.69, 9.17) is 0 Å². The monoisotopic (exact) mass is 278 g/mol. The summed E-state index contributed by atoms with van der Waals surface area (Å²) in [5, 5.41) is 13.5. The molecule has 0 bridgehead atoms. The van der Waals surface area contributed by atoms with Crippen LogP contribution in [0.5, 0.6) is 0 Å². The fourth-order valence-corrected chi connectivity index (χ4v) is 2.81. The zero-order valence-corrected chi connectivity index (χ0v) is 12.8. The van der Waals surface area contributed by atoms with E-state index in [1.165, 1.54) is 6.42 Å². The van der Waals surface area contributed by atoms with Crippen LogP contribution in [-0.4, -0.2) is 40.8 Å². The molecule has 0 aromatic carbocycles. The van der Waals surface area contributed by atoms with Gasteiger partial charge in [0.1, 0.15) is 17.5 Å². The standard InChI is InChI=1S/C15H26N4O/c1-4-13-17-14(16-5-2)10-15(18-13)19(3)11-8-6-7-9-12(11)20/h10-12,20H,4-9H2,1-3H3,(H,16,17,18). The molecule has 2 rings (SSSR count). The van der Waals surface area contributed by atoms with Gasteiger partial charge in [-0.3, -0.25) is 0 Å². The van der Waals surface area contributed by atoms with Crippen LogP contribution in [0.2, 0.25) is 0 Å². The summed E-state index contributed by atoms with van der Waals surface area (Å²) in [6, 6.07) is 2.14. The van der Waals surface area contributed by atoms with Gasteiger partial charge in [-0.2, -0.15) is 0 Å². The summed E-state index contributed by atoms with van der Waals surface area (Å²) in [7, 11) is 2.02. The van der Waals surface area contributed by atoms with E-state index in [0.29, 0.717) is 0 Å². The number of rotatable bonds is 5. The molecule has 0 amide bonds. The van der Waals surface area contributed by atoms with Crippen LogP contribution in [0.3, 0.4) is 0 Å². The number of aromatic nitrogens is 2. The Morgan fingerprint density at radius 1 is 1.30 bits per heavy atom. The van der Waals surface area contributed by atoms with Crippen molar-refractivity contribution in [3.8, 4) is 0 Å². The third-order valence-electron chi connectivity index (χ3n) is 3.99. The van der Waals surface area contributed by atoms with E-state index in [0.717, 1.165) is 49.7 Å². The smallest absolute Gasteiger partial charge is 0.134 e. The van der Waals surface area contributed by atoms with E-state index in [1.807, 2.05) is 13.1 Å². The first kappa shape index (κ1) is 15.0. The van der Waals surface area contributed by atoms with Crippen molar-refractivity contribution in [1.29, 1.82) is 0 Å². The summed E-state index contributed by atoms with van der Waals surface area (Å²) in [6.07, 6.45) is 4.78. The molecule has 0 radical (unpaired) electrons. The van der Waals surface area contributed by atoms with E-state index in [1.54, 1.807) is 0 Å². The molecule has 0 spiro atoms. The lowest BCUT2D eigenvalue weighted by atomic mass is 9.91. The molecule has 0 saturated heterocycles. The fourth-order valence-electron chi connectivity index (χ4n) is 2.81. The molecule has 0 aliphatic heterocycles.